The first-order chi connectivity index (χ1) is 10.2. The van der Waals surface area contributed by atoms with Crippen molar-refractivity contribution in [2.45, 2.75) is 25.4 Å². The van der Waals surface area contributed by atoms with E-state index in [9.17, 15) is 5.11 Å². The number of aryl methyl sites for hydroxylation is 1. The van der Waals surface area contributed by atoms with Gasteiger partial charge in [0.15, 0.2) is 5.96 Å². The standard InChI is InChI=1S/C16H25N3OS.HI/c1-3-17-15(18-10-11-21-2)19-12-16(20)9-8-13-6-4-5-7-14(13)16;/h4-7,20H,3,8-12H2,1-2H3,(H2,17,18,19);1H. The normalized spacial score (nSPS) is 20.2. The number of nitrogens with one attached hydrogen (secondary N) is 2. The van der Waals surface area contributed by atoms with Crippen LogP contribution in [0.5, 0.6) is 0 Å². The molecule has 0 aromatic heterocycles. The smallest absolute Gasteiger partial charge is 0.191 e. The monoisotopic (exact) mass is 435 g/mol. The quantitative estimate of drug-likeness (QED) is 0.278. The van der Waals surface area contributed by atoms with Gasteiger partial charge in [-0.15, -0.1) is 24.0 Å². The van der Waals surface area contributed by atoms with Gasteiger partial charge in [0.2, 0.25) is 0 Å². The Balaban J connectivity index is 0.00000242. The van der Waals surface area contributed by atoms with Crippen molar-refractivity contribution in [3.05, 3.63) is 35.4 Å². The molecule has 2 rings (SSSR count). The highest BCUT2D eigenvalue weighted by Gasteiger charge is 2.36. The highest BCUT2D eigenvalue weighted by Crippen LogP contribution is 2.36. The molecule has 1 aliphatic carbocycles. The number of halogens is 1. The Hall–Kier alpha value is -0.470. The van der Waals surface area contributed by atoms with Crippen LogP contribution in [0.25, 0.3) is 0 Å². The van der Waals surface area contributed by atoms with E-state index in [-0.39, 0.29) is 24.0 Å². The molecule has 0 heterocycles. The van der Waals surface area contributed by atoms with Gasteiger partial charge in [0, 0.05) is 18.8 Å². The van der Waals surface area contributed by atoms with E-state index in [1.807, 2.05) is 25.1 Å². The minimum atomic E-state index is -0.821. The fourth-order valence-electron chi connectivity index (χ4n) is 2.66. The summed E-state index contributed by atoms with van der Waals surface area (Å²) < 4.78 is 0. The summed E-state index contributed by atoms with van der Waals surface area (Å²) in [6.07, 6.45) is 3.77. The molecule has 4 nitrogen and oxygen atoms in total. The van der Waals surface area contributed by atoms with Crippen LogP contribution in [0, 0.1) is 0 Å². The first kappa shape index (κ1) is 19.6. The minimum Gasteiger partial charge on any atom is -0.383 e. The molecule has 0 spiro atoms. The minimum absolute atomic E-state index is 0. The fourth-order valence-corrected chi connectivity index (χ4v) is 2.96. The lowest BCUT2D eigenvalue weighted by Crippen LogP contribution is -2.40. The Morgan fingerprint density at radius 2 is 2.14 bits per heavy atom. The van der Waals surface area contributed by atoms with E-state index in [1.54, 1.807) is 11.8 Å². The number of guanidine groups is 1. The summed E-state index contributed by atoms with van der Waals surface area (Å²) in [6, 6.07) is 8.13. The average Bonchev–Trinajstić information content (AvgIpc) is 2.84. The van der Waals surface area contributed by atoms with Gasteiger partial charge in [-0.3, -0.25) is 0 Å². The molecule has 6 heteroatoms. The molecule has 3 N–H and O–H groups in total. The van der Waals surface area contributed by atoms with Crippen LogP contribution in [0.4, 0.5) is 0 Å². The molecule has 1 atom stereocenters. The molecule has 0 aliphatic heterocycles. The van der Waals surface area contributed by atoms with Gasteiger partial charge in [0.05, 0.1) is 6.54 Å². The molecule has 0 amide bonds. The zero-order valence-electron chi connectivity index (χ0n) is 13.3. The SMILES string of the molecule is CCNC(=NCC1(O)CCc2ccccc21)NCCSC.I. The molecule has 0 radical (unpaired) electrons. The molecule has 1 unspecified atom stereocenters. The Kier molecular flexibility index (Phi) is 8.56. The van der Waals surface area contributed by atoms with Crippen molar-refractivity contribution >= 4 is 41.7 Å². The zero-order chi connectivity index (χ0) is 15.1. The maximum Gasteiger partial charge on any atom is 0.191 e. The third kappa shape index (κ3) is 5.03. The largest absolute Gasteiger partial charge is 0.383 e. The van der Waals surface area contributed by atoms with Crippen LogP contribution in [0.15, 0.2) is 29.3 Å². The molecule has 0 saturated heterocycles. The predicted molar refractivity (Wildman–Crippen MR) is 106 cm³/mol. The third-order valence-electron chi connectivity index (χ3n) is 3.77. The first-order valence-corrected chi connectivity index (χ1v) is 8.91. The van der Waals surface area contributed by atoms with E-state index in [1.165, 1.54) is 5.56 Å². The Morgan fingerprint density at radius 3 is 2.86 bits per heavy atom. The number of nitrogens with zero attached hydrogens (tertiary/aromatic N) is 1. The van der Waals surface area contributed by atoms with Crippen molar-refractivity contribution in [2.75, 3.05) is 31.6 Å². The van der Waals surface area contributed by atoms with E-state index in [2.05, 4.69) is 27.9 Å². The van der Waals surface area contributed by atoms with Gasteiger partial charge in [0.25, 0.3) is 0 Å². The first-order valence-electron chi connectivity index (χ1n) is 7.51. The summed E-state index contributed by atoms with van der Waals surface area (Å²) in [4.78, 5) is 4.57. The van der Waals surface area contributed by atoms with Crippen molar-refractivity contribution in [3.63, 3.8) is 0 Å². The predicted octanol–water partition coefficient (Wildman–Crippen LogP) is 2.36. The van der Waals surface area contributed by atoms with E-state index in [0.29, 0.717) is 6.54 Å². The second-order valence-corrected chi connectivity index (χ2v) is 6.29. The molecular weight excluding hydrogens is 409 g/mol. The Morgan fingerprint density at radius 1 is 1.36 bits per heavy atom. The number of thioether (sulfide) groups is 1. The number of hydrogen-bond acceptors (Lipinski definition) is 3. The van der Waals surface area contributed by atoms with E-state index >= 15 is 0 Å². The van der Waals surface area contributed by atoms with Gasteiger partial charge in [0.1, 0.15) is 5.60 Å². The van der Waals surface area contributed by atoms with Crippen LogP contribution in [0.1, 0.15) is 24.5 Å². The number of hydrogen-bond donors (Lipinski definition) is 3. The van der Waals surface area contributed by atoms with Gasteiger partial charge in [-0.25, -0.2) is 4.99 Å². The molecule has 124 valence electrons. The fraction of sp³-hybridized carbons (Fsp3) is 0.562. The number of benzene rings is 1. The molecular formula is C16H26IN3OS. The number of aliphatic imine (C=N–C) groups is 1. The van der Waals surface area contributed by atoms with Crippen molar-refractivity contribution in [1.82, 2.24) is 10.6 Å². The van der Waals surface area contributed by atoms with E-state index < -0.39 is 5.60 Å². The summed E-state index contributed by atoms with van der Waals surface area (Å²) in [6.45, 7) is 4.14. The van der Waals surface area contributed by atoms with Crippen LogP contribution < -0.4 is 10.6 Å². The number of fused-ring (bicyclic) bond motifs is 1. The van der Waals surface area contributed by atoms with Crippen LogP contribution in [0.2, 0.25) is 0 Å². The molecule has 0 bridgehead atoms. The lowest BCUT2D eigenvalue weighted by molar-refractivity contribution is 0.0485. The van der Waals surface area contributed by atoms with Crippen LogP contribution >= 0.6 is 35.7 Å². The summed E-state index contributed by atoms with van der Waals surface area (Å²) >= 11 is 1.80. The van der Waals surface area contributed by atoms with Crippen molar-refractivity contribution in [2.24, 2.45) is 4.99 Å². The van der Waals surface area contributed by atoms with Gasteiger partial charge >= 0.3 is 0 Å². The zero-order valence-corrected chi connectivity index (χ0v) is 16.4. The van der Waals surface area contributed by atoms with Crippen LogP contribution in [-0.4, -0.2) is 42.7 Å². The summed E-state index contributed by atoms with van der Waals surface area (Å²) in [5.74, 6) is 1.82. The highest BCUT2D eigenvalue weighted by atomic mass is 127. The van der Waals surface area contributed by atoms with Crippen LogP contribution in [-0.2, 0) is 12.0 Å². The lowest BCUT2D eigenvalue weighted by atomic mass is 9.96. The second-order valence-electron chi connectivity index (χ2n) is 5.30. The average molecular weight is 435 g/mol. The van der Waals surface area contributed by atoms with Crippen molar-refractivity contribution < 1.29 is 5.11 Å². The van der Waals surface area contributed by atoms with Gasteiger partial charge < -0.3 is 15.7 Å². The molecule has 0 fully saturated rings. The van der Waals surface area contributed by atoms with E-state index in [4.69, 9.17) is 0 Å². The second kappa shape index (κ2) is 9.62. The van der Waals surface area contributed by atoms with Gasteiger partial charge in [-0.1, -0.05) is 24.3 Å². The van der Waals surface area contributed by atoms with E-state index in [0.717, 1.165) is 43.2 Å². The van der Waals surface area contributed by atoms with Gasteiger partial charge in [-0.2, -0.15) is 11.8 Å². The maximum atomic E-state index is 10.9. The van der Waals surface area contributed by atoms with Crippen LogP contribution in [0.3, 0.4) is 0 Å². The van der Waals surface area contributed by atoms with Crippen molar-refractivity contribution in [3.8, 4) is 0 Å². The summed E-state index contributed by atoms with van der Waals surface area (Å²) in [5, 5.41) is 17.4. The Labute approximate surface area is 154 Å². The molecule has 1 aromatic carbocycles. The van der Waals surface area contributed by atoms with Gasteiger partial charge in [-0.05, 0) is 37.1 Å². The Bertz CT molecular complexity index is 498. The molecule has 0 saturated carbocycles. The number of rotatable bonds is 6. The maximum absolute atomic E-state index is 10.9. The number of aliphatic hydroxyl groups is 1. The molecule has 1 aromatic rings. The third-order valence-corrected chi connectivity index (χ3v) is 4.38. The lowest BCUT2D eigenvalue weighted by Gasteiger charge is -2.22. The summed E-state index contributed by atoms with van der Waals surface area (Å²) in [5.41, 5.74) is 1.46. The molecule has 1 aliphatic rings. The topological polar surface area (TPSA) is 56.7 Å². The van der Waals surface area contributed by atoms with Crippen molar-refractivity contribution in [1.29, 1.82) is 0 Å². The molecule has 22 heavy (non-hydrogen) atoms. The summed E-state index contributed by atoms with van der Waals surface area (Å²) in [7, 11) is 0. The highest BCUT2D eigenvalue weighted by molar-refractivity contribution is 14.0.